The molecule has 1 unspecified atom stereocenters. The zero-order valence-corrected chi connectivity index (χ0v) is 11.4. The molecule has 0 aliphatic carbocycles. The molecule has 96 valence electrons. The van der Waals surface area contributed by atoms with Crippen LogP contribution in [-0.2, 0) is 10.0 Å². The van der Waals surface area contributed by atoms with E-state index in [2.05, 4.69) is 5.16 Å². The maximum Gasteiger partial charge on any atom is 0.248 e. The van der Waals surface area contributed by atoms with Crippen LogP contribution in [-0.4, -0.2) is 36.8 Å². The molecule has 0 N–H and O–H groups in total. The molecule has 0 spiro atoms. The van der Waals surface area contributed by atoms with Gasteiger partial charge in [-0.3, -0.25) is 0 Å². The van der Waals surface area contributed by atoms with Crippen molar-refractivity contribution in [1.82, 2.24) is 9.46 Å². The van der Waals surface area contributed by atoms with E-state index in [-0.39, 0.29) is 10.8 Å². The van der Waals surface area contributed by atoms with Gasteiger partial charge in [-0.2, -0.15) is 4.31 Å². The van der Waals surface area contributed by atoms with Crippen LogP contribution in [0, 0.1) is 19.8 Å². The minimum atomic E-state index is -3.48. The van der Waals surface area contributed by atoms with Crippen LogP contribution in [0.3, 0.4) is 0 Å². The van der Waals surface area contributed by atoms with Crippen molar-refractivity contribution in [3.05, 3.63) is 11.5 Å². The molecular weight excluding hydrogens is 264 g/mol. The number of alkyl halides is 1. The van der Waals surface area contributed by atoms with Crippen molar-refractivity contribution in [2.24, 2.45) is 5.92 Å². The van der Waals surface area contributed by atoms with E-state index in [9.17, 15) is 8.42 Å². The van der Waals surface area contributed by atoms with E-state index in [1.165, 1.54) is 4.31 Å². The van der Waals surface area contributed by atoms with Gasteiger partial charge in [0.1, 0.15) is 10.6 Å². The van der Waals surface area contributed by atoms with Crippen LogP contribution in [0.4, 0.5) is 0 Å². The Morgan fingerprint density at radius 1 is 1.53 bits per heavy atom. The van der Waals surface area contributed by atoms with Gasteiger partial charge in [0.25, 0.3) is 0 Å². The van der Waals surface area contributed by atoms with Gasteiger partial charge in [0.15, 0.2) is 5.76 Å². The van der Waals surface area contributed by atoms with Gasteiger partial charge >= 0.3 is 0 Å². The molecule has 2 rings (SSSR count). The van der Waals surface area contributed by atoms with Crippen molar-refractivity contribution in [2.45, 2.75) is 25.2 Å². The monoisotopic (exact) mass is 278 g/mol. The van der Waals surface area contributed by atoms with Gasteiger partial charge in [0.2, 0.25) is 10.0 Å². The third-order valence-electron chi connectivity index (χ3n) is 3.03. The Morgan fingerprint density at radius 3 is 2.71 bits per heavy atom. The van der Waals surface area contributed by atoms with E-state index in [1.54, 1.807) is 13.8 Å². The second kappa shape index (κ2) is 4.59. The molecule has 1 atom stereocenters. The fourth-order valence-electron chi connectivity index (χ4n) is 2.11. The SMILES string of the molecule is Cc1noc(C)c1S(=O)(=O)N1CCC(CCl)C1. The Kier molecular flexibility index (Phi) is 3.47. The van der Waals surface area contributed by atoms with Crippen LogP contribution < -0.4 is 0 Å². The lowest BCUT2D eigenvalue weighted by Crippen LogP contribution is -2.29. The van der Waals surface area contributed by atoms with Gasteiger partial charge in [0, 0.05) is 19.0 Å². The first-order chi connectivity index (χ1) is 7.96. The lowest BCUT2D eigenvalue weighted by molar-refractivity contribution is 0.389. The molecule has 0 amide bonds. The lowest BCUT2D eigenvalue weighted by Gasteiger charge is -2.15. The molecule has 1 aliphatic heterocycles. The molecule has 0 bridgehead atoms. The highest BCUT2D eigenvalue weighted by molar-refractivity contribution is 7.89. The van der Waals surface area contributed by atoms with Crippen LogP contribution in [0.2, 0.25) is 0 Å². The number of nitrogens with zero attached hydrogens (tertiary/aromatic N) is 2. The highest BCUT2D eigenvalue weighted by Gasteiger charge is 2.35. The average molecular weight is 279 g/mol. The number of hydrogen-bond donors (Lipinski definition) is 0. The molecule has 7 heteroatoms. The van der Waals surface area contributed by atoms with Crippen molar-refractivity contribution in [1.29, 1.82) is 0 Å². The summed E-state index contributed by atoms with van der Waals surface area (Å²) >= 11 is 5.76. The summed E-state index contributed by atoms with van der Waals surface area (Å²) < 4.78 is 31.1. The Bertz CT molecular complexity index is 492. The Morgan fingerprint density at radius 2 is 2.24 bits per heavy atom. The zero-order chi connectivity index (χ0) is 12.6. The minimum Gasteiger partial charge on any atom is -0.360 e. The maximum absolute atomic E-state index is 12.4. The van der Waals surface area contributed by atoms with Gasteiger partial charge in [-0.15, -0.1) is 11.6 Å². The van der Waals surface area contributed by atoms with Gasteiger partial charge in [-0.05, 0) is 26.2 Å². The molecule has 0 radical (unpaired) electrons. The van der Waals surface area contributed by atoms with Crippen molar-refractivity contribution in [3.8, 4) is 0 Å². The first-order valence-corrected chi connectivity index (χ1v) is 7.43. The van der Waals surface area contributed by atoms with E-state index in [1.807, 2.05) is 0 Å². The molecular formula is C10H15ClN2O3S. The second-order valence-electron chi connectivity index (χ2n) is 4.33. The summed E-state index contributed by atoms with van der Waals surface area (Å²) in [6, 6.07) is 0. The number of sulfonamides is 1. The third kappa shape index (κ3) is 2.21. The summed E-state index contributed by atoms with van der Waals surface area (Å²) in [6.07, 6.45) is 0.812. The summed E-state index contributed by atoms with van der Waals surface area (Å²) in [5.41, 5.74) is 0.414. The summed E-state index contributed by atoms with van der Waals surface area (Å²) in [6.45, 7) is 4.25. The van der Waals surface area contributed by atoms with Crippen molar-refractivity contribution >= 4 is 21.6 Å². The molecule has 1 aromatic heterocycles. The maximum atomic E-state index is 12.4. The number of rotatable bonds is 3. The molecule has 1 saturated heterocycles. The number of aromatic nitrogens is 1. The Balaban J connectivity index is 2.32. The molecule has 1 aliphatic rings. The van der Waals surface area contributed by atoms with E-state index in [4.69, 9.17) is 16.1 Å². The van der Waals surface area contributed by atoms with Crippen LogP contribution in [0.15, 0.2) is 9.42 Å². The van der Waals surface area contributed by atoms with Crippen LogP contribution in [0.25, 0.3) is 0 Å². The number of halogens is 1. The highest BCUT2D eigenvalue weighted by atomic mass is 35.5. The van der Waals surface area contributed by atoms with E-state index >= 15 is 0 Å². The van der Waals surface area contributed by atoms with Crippen LogP contribution >= 0.6 is 11.6 Å². The first kappa shape index (κ1) is 12.9. The number of hydrogen-bond acceptors (Lipinski definition) is 4. The molecule has 1 aromatic rings. The second-order valence-corrected chi connectivity index (χ2v) is 6.51. The predicted molar refractivity (Wildman–Crippen MR) is 63.6 cm³/mol. The summed E-state index contributed by atoms with van der Waals surface area (Å²) in [4.78, 5) is 0.202. The average Bonchev–Trinajstić information content (AvgIpc) is 2.85. The van der Waals surface area contributed by atoms with E-state index in [0.717, 1.165) is 6.42 Å². The van der Waals surface area contributed by atoms with E-state index in [0.29, 0.717) is 30.4 Å². The standard InChI is InChI=1S/C10H15ClN2O3S/c1-7-10(8(2)16-12-7)17(14,15)13-4-3-9(5-11)6-13/h9H,3-6H2,1-2H3. The fraction of sp³-hybridized carbons (Fsp3) is 0.700. The molecule has 2 heterocycles. The Labute approximate surface area is 106 Å². The summed E-state index contributed by atoms with van der Waals surface area (Å²) in [5.74, 6) is 1.08. The van der Waals surface area contributed by atoms with Crippen molar-refractivity contribution in [2.75, 3.05) is 19.0 Å². The van der Waals surface area contributed by atoms with Crippen LogP contribution in [0.1, 0.15) is 17.9 Å². The third-order valence-corrected chi connectivity index (χ3v) is 5.58. The quantitative estimate of drug-likeness (QED) is 0.787. The van der Waals surface area contributed by atoms with Crippen molar-refractivity contribution < 1.29 is 12.9 Å². The first-order valence-electron chi connectivity index (χ1n) is 5.45. The lowest BCUT2D eigenvalue weighted by atomic mass is 10.2. The topological polar surface area (TPSA) is 63.4 Å². The largest absolute Gasteiger partial charge is 0.360 e. The molecule has 0 aromatic carbocycles. The summed E-state index contributed by atoms with van der Waals surface area (Å²) in [5, 5.41) is 3.69. The molecule has 5 nitrogen and oxygen atoms in total. The summed E-state index contributed by atoms with van der Waals surface area (Å²) in [7, 11) is -3.48. The Hall–Kier alpha value is -0.590. The van der Waals surface area contributed by atoms with Gasteiger partial charge < -0.3 is 4.52 Å². The van der Waals surface area contributed by atoms with E-state index < -0.39 is 10.0 Å². The molecule has 17 heavy (non-hydrogen) atoms. The van der Waals surface area contributed by atoms with Gasteiger partial charge in [-0.1, -0.05) is 5.16 Å². The number of aryl methyl sites for hydroxylation is 2. The highest BCUT2D eigenvalue weighted by Crippen LogP contribution is 2.28. The predicted octanol–water partition coefficient (Wildman–Crippen LogP) is 1.54. The van der Waals surface area contributed by atoms with Gasteiger partial charge in [0.05, 0.1) is 0 Å². The fourth-order valence-corrected chi connectivity index (χ4v) is 4.19. The van der Waals surface area contributed by atoms with Crippen molar-refractivity contribution in [3.63, 3.8) is 0 Å². The smallest absolute Gasteiger partial charge is 0.248 e. The minimum absolute atomic E-state index is 0.202. The zero-order valence-electron chi connectivity index (χ0n) is 9.81. The van der Waals surface area contributed by atoms with Gasteiger partial charge in [-0.25, -0.2) is 8.42 Å². The van der Waals surface area contributed by atoms with Crippen LogP contribution in [0.5, 0.6) is 0 Å². The molecule has 1 fully saturated rings. The normalized spacial score (nSPS) is 22.2. The molecule has 0 saturated carbocycles.